The summed E-state index contributed by atoms with van der Waals surface area (Å²) in [6.07, 6.45) is 7.22. The standard InChI is InChI=1S/C18H21N5O/c24-16(20-10-12-7-8-12)11-21-17-13-4-3-6-14(13)22-18(23-17)15-5-1-2-9-19-15/h1-2,5,9,12H,3-4,6-8,10-11H2,(H,20,24)(H,21,22,23). The van der Waals surface area contributed by atoms with E-state index < -0.39 is 0 Å². The average molecular weight is 323 g/mol. The number of anilines is 1. The van der Waals surface area contributed by atoms with Crippen LogP contribution in [0.5, 0.6) is 0 Å². The van der Waals surface area contributed by atoms with Crippen molar-refractivity contribution < 1.29 is 4.79 Å². The average Bonchev–Trinajstić information content (AvgIpc) is 3.33. The molecule has 0 atom stereocenters. The Morgan fingerprint density at radius 2 is 2.12 bits per heavy atom. The van der Waals surface area contributed by atoms with Gasteiger partial charge in [0.1, 0.15) is 11.5 Å². The molecule has 1 fully saturated rings. The molecule has 0 saturated heterocycles. The molecule has 0 unspecified atom stereocenters. The lowest BCUT2D eigenvalue weighted by Gasteiger charge is -2.12. The highest BCUT2D eigenvalue weighted by molar-refractivity contribution is 5.80. The van der Waals surface area contributed by atoms with Gasteiger partial charge in [-0.2, -0.15) is 0 Å². The summed E-state index contributed by atoms with van der Waals surface area (Å²) < 4.78 is 0. The van der Waals surface area contributed by atoms with Crippen LogP contribution in [0.2, 0.25) is 0 Å². The molecule has 0 bridgehead atoms. The number of amides is 1. The number of rotatable bonds is 6. The zero-order valence-electron chi connectivity index (χ0n) is 13.6. The number of hydrogen-bond donors (Lipinski definition) is 2. The van der Waals surface area contributed by atoms with Gasteiger partial charge in [-0.3, -0.25) is 9.78 Å². The predicted molar refractivity (Wildman–Crippen MR) is 91.5 cm³/mol. The maximum atomic E-state index is 12.0. The van der Waals surface area contributed by atoms with Gasteiger partial charge in [-0.25, -0.2) is 9.97 Å². The van der Waals surface area contributed by atoms with Crippen molar-refractivity contribution in [1.29, 1.82) is 0 Å². The van der Waals surface area contributed by atoms with Crippen molar-refractivity contribution in [3.8, 4) is 11.5 Å². The third-order valence-corrected chi connectivity index (χ3v) is 4.53. The zero-order chi connectivity index (χ0) is 16.4. The third-order valence-electron chi connectivity index (χ3n) is 4.53. The van der Waals surface area contributed by atoms with Gasteiger partial charge in [-0.05, 0) is 50.2 Å². The predicted octanol–water partition coefficient (Wildman–Crippen LogP) is 1.97. The molecular weight excluding hydrogens is 302 g/mol. The highest BCUT2D eigenvalue weighted by Gasteiger charge is 2.22. The number of carbonyl (C=O) groups excluding carboxylic acids is 1. The first-order valence-corrected chi connectivity index (χ1v) is 8.61. The fraction of sp³-hybridized carbons (Fsp3) is 0.444. The summed E-state index contributed by atoms with van der Waals surface area (Å²) in [4.78, 5) is 25.6. The number of nitrogens with zero attached hydrogens (tertiary/aromatic N) is 3. The van der Waals surface area contributed by atoms with Crippen LogP contribution in [-0.4, -0.2) is 33.9 Å². The Morgan fingerprint density at radius 1 is 1.21 bits per heavy atom. The van der Waals surface area contributed by atoms with Gasteiger partial charge in [0.2, 0.25) is 5.91 Å². The lowest BCUT2D eigenvalue weighted by Crippen LogP contribution is -2.31. The van der Waals surface area contributed by atoms with Crippen LogP contribution in [-0.2, 0) is 17.6 Å². The van der Waals surface area contributed by atoms with E-state index in [1.54, 1.807) is 6.20 Å². The fourth-order valence-corrected chi connectivity index (χ4v) is 2.99. The van der Waals surface area contributed by atoms with Crippen LogP contribution in [0.25, 0.3) is 11.5 Å². The molecule has 0 radical (unpaired) electrons. The summed E-state index contributed by atoms with van der Waals surface area (Å²) in [7, 11) is 0. The van der Waals surface area contributed by atoms with Crippen molar-refractivity contribution in [2.24, 2.45) is 5.92 Å². The molecule has 0 spiro atoms. The number of hydrogen-bond acceptors (Lipinski definition) is 5. The van der Waals surface area contributed by atoms with Gasteiger partial charge >= 0.3 is 0 Å². The van der Waals surface area contributed by atoms with Crippen LogP contribution in [0.15, 0.2) is 24.4 Å². The maximum Gasteiger partial charge on any atom is 0.239 e. The van der Waals surface area contributed by atoms with E-state index in [0.717, 1.165) is 48.6 Å². The Labute approximate surface area is 141 Å². The van der Waals surface area contributed by atoms with Gasteiger partial charge < -0.3 is 10.6 Å². The summed E-state index contributed by atoms with van der Waals surface area (Å²) in [5, 5.41) is 6.18. The molecule has 2 heterocycles. The molecule has 2 N–H and O–H groups in total. The number of pyridine rings is 1. The van der Waals surface area contributed by atoms with Crippen LogP contribution in [0.4, 0.5) is 5.82 Å². The zero-order valence-corrected chi connectivity index (χ0v) is 13.6. The maximum absolute atomic E-state index is 12.0. The minimum Gasteiger partial charge on any atom is -0.361 e. The molecule has 1 amide bonds. The lowest BCUT2D eigenvalue weighted by atomic mass is 10.2. The Hall–Kier alpha value is -2.50. The number of aromatic nitrogens is 3. The highest BCUT2D eigenvalue weighted by Crippen LogP contribution is 2.29. The number of carbonyl (C=O) groups is 1. The van der Waals surface area contributed by atoms with Crippen molar-refractivity contribution in [3.63, 3.8) is 0 Å². The first-order chi connectivity index (χ1) is 11.8. The van der Waals surface area contributed by atoms with Gasteiger partial charge in [0, 0.05) is 24.0 Å². The SMILES string of the molecule is O=C(CNc1nc(-c2ccccn2)nc2c1CCC2)NCC1CC1. The van der Waals surface area contributed by atoms with Crippen LogP contribution >= 0.6 is 0 Å². The minimum atomic E-state index is 0.0200. The smallest absolute Gasteiger partial charge is 0.239 e. The second kappa shape index (κ2) is 6.55. The van der Waals surface area contributed by atoms with E-state index in [1.807, 2.05) is 18.2 Å². The molecule has 2 aromatic heterocycles. The van der Waals surface area contributed by atoms with E-state index in [-0.39, 0.29) is 12.5 Å². The van der Waals surface area contributed by atoms with Gasteiger partial charge in [0.05, 0.1) is 6.54 Å². The van der Waals surface area contributed by atoms with E-state index in [1.165, 1.54) is 12.8 Å². The second-order valence-electron chi connectivity index (χ2n) is 6.49. The molecule has 2 aliphatic rings. The monoisotopic (exact) mass is 323 g/mol. The summed E-state index contributed by atoms with van der Waals surface area (Å²) in [5.74, 6) is 2.11. The topological polar surface area (TPSA) is 79.8 Å². The van der Waals surface area contributed by atoms with E-state index >= 15 is 0 Å². The van der Waals surface area contributed by atoms with Crippen LogP contribution in [0.1, 0.15) is 30.5 Å². The van der Waals surface area contributed by atoms with Crippen LogP contribution < -0.4 is 10.6 Å². The number of aryl methyl sites for hydroxylation is 1. The Balaban J connectivity index is 1.51. The quantitative estimate of drug-likeness (QED) is 0.849. The van der Waals surface area contributed by atoms with Crippen molar-refractivity contribution in [3.05, 3.63) is 35.7 Å². The van der Waals surface area contributed by atoms with E-state index in [4.69, 9.17) is 0 Å². The minimum absolute atomic E-state index is 0.0200. The Bertz CT molecular complexity index is 743. The molecule has 0 aromatic carbocycles. The van der Waals surface area contributed by atoms with E-state index in [0.29, 0.717) is 11.7 Å². The van der Waals surface area contributed by atoms with Crippen LogP contribution in [0, 0.1) is 5.92 Å². The van der Waals surface area contributed by atoms with Crippen molar-refractivity contribution in [2.75, 3.05) is 18.4 Å². The normalized spacial score (nSPS) is 15.8. The summed E-state index contributed by atoms with van der Waals surface area (Å²) >= 11 is 0. The summed E-state index contributed by atoms with van der Waals surface area (Å²) in [6.45, 7) is 1.04. The lowest BCUT2D eigenvalue weighted by molar-refractivity contribution is -0.119. The molecule has 1 saturated carbocycles. The molecule has 2 aliphatic carbocycles. The Morgan fingerprint density at radius 3 is 2.92 bits per heavy atom. The molecule has 124 valence electrons. The summed E-state index contributed by atoms with van der Waals surface area (Å²) in [6, 6.07) is 5.71. The first-order valence-electron chi connectivity index (χ1n) is 8.61. The molecule has 4 rings (SSSR count). The van der Waals surface area contributed by atoms with Crippen molar-refractivity contribution in [1.82, 2.24) is 20.3 Å². The molecule has 0 aliphatic heterocycles. The Kier molecular flexibility index (Phi) is 4.11. The largest absolute Gasteiger partial charge is 0.361 e. The second-order valence-corrected chi connectivity index (χ2v) is 6.49. The molecule has 6 heteroatoms. The third kappa shape index (κ3) is 3.37. The highest BCUT2D eigenvalue weighted by atomic mass is 16.1. The van der Waals surface area contributed by atoms with E-state index in [2.05, 4.69) is 25.6 Å². The first kappa shape index (κ1) is 15.1. The van der Waals surface area contributed by atoms with Crippen molar-refractivity contribution >= 4 is 11.7 Å². The molecular formula is C18H21N5O. The van der Waals surface area contributed by atoms with Gasteiger partial charge in [-0.1, -0.05) is 6.07 Å². The van der Waals surface area contributed by atoms with E-state index in [9.17, 15) is 4.79 Å². The summed E-state index contributed by atoms with van der Waals surface area (Å²) in [5.41, 5.74) is 2.98. The van der Waals surface area contributed by atoms with Crippen LogP contribution in [0.3, 0.4) is 0 Å². The fourth-order valence-electron chi connectivity index (χ4n) is 2.99. The number of fused-ring (bicyclic) bond motifs is 1. The molecule has 6 nitrogen and oxygen atoms in total. The van der Waals surface area contributed by atoms with Gasteiger partial charge in [-0.15, -0.1) is 0 Å². The number of nitrogens with one attached hydrogen (secondary N) is 2. The molecule has 2 aromatic rings. The van der Waals surface area contributed by atoms with Gasteiger partial charge in [0.25, 0.3) is 0 Å². The van der Waals surface area contributed by atoms with Gasteiger partial charge in [0.15, 0.2) is 5.82 Å². The molecule has 24 heavy (non-hydrogen) atoms. The van der Waals surface area contributed by atoms with Crippen molar-refractivity contribution in [2.45, 2.75) is 32.1 Å².